The van der Waals surface area contributed by atoms with Crippen molar-refractivity contribution in [2.24, 2.45) is 0 Å². The molecule has 4 heteroatoms. The van der Waals surface area contributed by atoms with E-state index in [1.165, 1.54) is 12.8 Å². The number of carbonyl (C=O) groups excluding carboxylic acids is 1. The zero-order valence-electron chi connectivity index (χ0n) is 8.57. The zero-order valence-corrected chi connectivity index (χ0v) is 8.57. The van der Waals surface area contributed by atoms with E-state index in [2.05, 4.69) is 10.3 Å². The van der Waals surface area contributed by atoms with Crippen molar-refractivity contribution in [3.8, 4) is 0 Å². The van der Waals surface area contributed by atoms with Crippen molar-refractivity contribution in [2.75, 3.05) is 5.73 Å². The minimum Gasteiger partial charge on any atom is -0.384 e. The minimum absolute atomic E-state index is 0.116. The third-order valence-corrected chi connectivity index (χ3v) is 2.69. The molecule has 0 aliphatic heterocycles. The number of nitrogen functional groups attached to an aromatic ring is 1. The highest BCUT2D eigenvalue weighted by Gasteiger charge is 2.18. The van der Waals surface area contributed by atoms with Gasteiger partial charge in [0.15, 0.2) is 0 Å². The summed E-state index contributed by atoms with van der Waals surface area (Å²) >= 11 is 0. The summed E-state index contributed by atoms with van der Waals surface area (Å²) in [5, 5.41) is 2.97. The van der Waals surface area contributed by atoms with Crippen molar-refractivity contribution in [3.05, 3.63) is 23.9 Å². The summed E-state index contributed by atoms with van der Waals surface area (Å²) in [5.74, 6) is 0.267. The summed E-state index contributed by atoms with van der Waals surface area (Å²) in [5.41, 5.74) is 5.92. The number of pyridine rings is 1. The molecule has 1 amide bonds. The Kier molecular flexibility index (Phi) is 2.85. The van der Waals surface area contributed by atoms with Crippen LogP contribution in [0.4, 0.5) is 5.82 Å². The minimum atomic E-state index is -0.116. The number of nitrogens with one attached hydrogen (secondary N) is 1. The number of rotatable bonds is 2. The molecule has 3 N–H and O–H groups in total. The fourth-order valence-electron chi connectivity index (χ4n) is 1.91. The SMILES string of the molecule is Nc1cccc(C(=O)NC2CCCC2)n1. The molecule has 0 spiro atoms. The average Bonchev–Trinajstić information content (AvgIpc) is 2.70. The van der Waals surface area contributed by atoms with Crippen molar-refractivity contribution in [1.82, 2.24) is 10.3 Å². The fraction of sp³-hybridized carbons (Fsp3) is 0.455. The van der Waals surface area contributed by atoms with Gasteiger partial charge in [-0.15, -0.1) is 0 Å². The molecule has 0 saturated heterocycles. The highest BCUT2D eigenvalue weighted by molar-refractivity contribution is 5.92. The molecule has 15 heavy (non-hydrogen) atoms. The first kappa shape index (κ1) is 9.96. The van der Waals surface area contributed by atoms with Crippen LogP contribution >= 0.6 is 0 Å². The Morgan fingerprint density at radius 3 is 2.80 bits per heavy atom. The molecule has 1 heterocycles. The van der Waals surface area contributed by atoms with Gasteiger partial charge in [-0.25, -0.2) is 4.98 Å². The second kappa shape index (κ2) is 4.29. The van der Waals surface area contributed by atoms with Crippen LogP contribution in [0.1, 0.15) is 36.2 Å². The normalized spacial score (nSPS) is 16.5. The van der Waals surface area contributed by atoms with Crippen LogP contribution in [0.3, 0.4) is 0 Å². The molecule has 0 radical (unpaired) electrons. The second-order valence-corrected chi connectivity index (χ2v) is 3.90. The van der Waals surface area contributed by atoms with E-state index in [0.717, 1.165) is 12.8 Å². The lowest BCUT2D eigenvalue weighted by Gasteiger charge is -2.11. The van der Waals surface area contributed by atoms with Gasteiger partial charge >= 0.3 is 0 Å². The van der Waals surface area contributed by atoms with E-state index in [4.69, 9.17) is 5.73 Å². The van der Waals surface area contributed by atoms with Crippen LogP contribution in [0.5, 0.6) is 0 Å². The van der Waals surface area contributed by atoms with Crippen molar-refractivity contribution < 1.29 is 4.79 Å². The molecule has 0 atom stereocenters. The number of anilines is 1. The van der Waals surface area contributed by atoms with Gasteiger partial charge in [-0.2, -0.15) is 0 Å². The predicted molar refractivity (Wildman–Crippen MR) is 58.4 cm³/mol. The maximum atomic E-state index is 11.7. The molecule has 1 fully saturated rings. The van der Waals surface area contributed by atoms with Gasteiger partial charge in [-0.1, -0.05) is 18.9 Å². The summed E-state index contributed by atoms with van der Waals surface area (Å²) in [4.78, 5) is 15.7. The number of aromatic nitrogens is 1. The summed E-state index contributed by atoms with van der Waals surface area (Å²) < 4.78 is 0. The molecular weight excluding hydrogens is 190 g/mol. The Balaban J connectivity index is 2.01. The van der Waals surface area contributed by atoms with Crippen LogP contribution in [0.15, 0.2) is 18.2 Å². The lowest BCUT2D eigenvalue weighted by atomic mass is 10.2. The first-order valence-electron chi connectivity index (χ1n) is 5.29. The number of amides is 1. The third kappa shape index (κ3) is 2.46. The summed E-state index contributed by atoms with van der Waals surface area (Å²) in [6, 6.07) is 5.42. The molecule has 1 saturated carbocycles. The Bertz CT molecular complexity index is 359. The van der Waals surface area contributed by atoms with Crippen molar-refractivity contribution in [1.29, 1.82) is 0 Å². The van der Waals surface area contributed by atoms with Gasteiger partial charge in [-0.05, 0) is 25.0 Å². The predicted octanol–water partition coefficient (Wildman–Crippen LogP) is 1.34. The van der Waals surface area contributed by atoms with Gasteiger partial charge in [-0.3, -0.25) is 4.79 Å². The maximum Gasteiger partial charge on any atom is 0.270 e. The Hall–Kier alpha value is -1.58. The lowest BCUT2D eigenvalue weighted by molar-refractivity contribution is 0.0933. The van der Waals surface area contributed by atoms with E-state index < -0.39 is 0 Å². The van der Waals surface area contributed by atoms with Gasteiger partial charge < -0.3 is 11.1 Å². The van der Waals surface area contributed by atoms with Crippen LogP contribution in [-0.4, -0.2) is 16.9 Å². The topological polar surface area (TPSA) is 68.0 Å². The van der Waals surface area contributed by atoms with E-state index in [9.17, 15) is 4.79 Å². The molecular formula is C11H15N3O. The van der Waals surface area contributed by atoms with E-state index >= 15 is 0 Å². The summed E-state index contributed by atoms with van der Waals surface area (Å²) in [6.07, 6.45) is 4.56. The highest BCUT2D eigenvalue weighted by atomic mass is 16.1. The Labute approximate surface area is 88.9 Å². The number of nitrogens with zero attached hydrogens (tertiary/aromatic N) is 1. The number of hydrogen-bond acceptors (Lipinski definition) is 3. The zero-order chi connectivity index (χ0) is 10.7. The van der Waals surface area contributed by atoms with Crippen molar-refractivity contribution >= 4 is 11.7 Å². The van der Waals surface area contributed by atoms with Gasteiger partial charge in [0.2, 0.25) is 0 Å². The van der Waals surface area contributed by atoms with Crippen LogP contribution < -0.4 is 11.1 Å². The molecule has 1 aromatic heterocycles. The molecule has 4 nitrogen and oxygen atoms in total. The molecule has 0 unspecified atom stereocenters. The molecule has 80 valence electrons. The number of carbonyl (C=O) groups is 1. The van der Waals surface area contributed by atoms with E-state index in [-0.39, 0.29) is 5.91 Å². The summed E-state index contributed by atoms with van der Waals surface area (Å²) in [6.45, 7) is 0. The average molecular weight is 205 g/mol. The van der Waals surface area contributed by atoms with Crippen LogP contribution in [0.2, 0.25) is 0 Å². The van der Waals surface area contributed by atoms with Gasteiger partial charge in [0.05, 0.1) is 0 Å². The van der Waals surface area contributed by atoms with Gasteiger partial charge in [0, 0.05) is 6.04 Å². The molecule has 2 rings (SSSR count). The quantitative estimate of drug-likeness (QED) is 0.765. The van der Waals surface area contributed by atoms with Crippen molar-refractivity contribution in [2.45, 2.75) is 31.7 Å². The number of nitrogens with two attached hydrogens (primary N) is 1. The van der Waals surface area contributed by atoms with Crippen LogP contribution in [-0.2, 0) is 0 Å². The molecule has 0 aromatic carbocycles. The monoisotopic (exact) mass is 205 g/mol. The fourth-order valence-corrected chi connectivity index (χ4v) is 1.91. The van der Waals surface area contributed by atoms with Crippen LogP contribution in [0.25, 0.3) is 0 Å². The first-order chi connectivity index (χ1) is 7.25. The second-order valence-electron chi connectivity index (χ2n) is 3.90. The molecule has 1 aromatic rings. The van der Waals surface area contributed by atoms with Crippen molar-refractivity contribution in [3.63, 3.8) is 0 Å². The molecule has 1 aliphatic rings. The lowest BCUT2D eigenvalue weighted by Crippen LogP contribution is -2.33. The Morgan fingerprint density at radius 2 is 2.13 bits per heavy atom. The smallest absolute Gasteiger partial charge is 0.270 e. The van der Waals surface area contributed by atoms with E-state index in [0.29, 0.717) is 17.6 Å². The standard InChI is InChI=1S/C11H15N3O/c12-10-7-3-6-9(14-10)11(15)13-8-4-1-2-5-8/h3,6-8H,1-2,4-5H2,(H2,12,14)(H,13,15). The molecule has 0 bridgehead atoms. The highest BCUT2D eigenvalue weighted by Crippen LogP contribution is 2.17. The van der Waals surface area contributed by atoms with Crippen LogP contribution in [0, 0.1) is 0 Å². The van der Waals surface area contributed by atoms with E-state index in [1.807, 2.05) is 0 Å². The number of hydrogen-bond donors (Lipinski definition) is 2. The van der Waals surface area contributed by atoms with E-state index in [1.54, 1.807) is 18.2 Å². The third-order valence-electron chi connectivity index (χ3n) is 2.69. The summed E-state index contributed by atoms with van der Waals surface area (Å²) in [7, 11) is 0. The first-order valence-corrected chi connectivity index (χ1v) is 5.29. The maximum absolute atomic E-state index is 11.7. The van der Waals surface area contributed by atoms with Gasteiger partial charge in [0.1, 0.15) is 11.5 Å². The largest absolute Gasteiger partial charge is 0.384 e. The molecule has 1 aliphatic carbocycles. The van der Waals surface area contributed by atoms with Gasteiger partial charge in [0.25, 0.3) is 5.91 Å². The Morgan fingerprint density at radius 1 is 1.40 bits per heavy atom.